The number of benzene rings is 1. The van der Waals surface area contributed by atoms with Crippen LogP contribution in [0.1, 0.15) is 6.42 Å². The molecule has 0 saturated heterocycles. The third kappa shape index (κ3) is 5.60. The summed E-state index contributed by atoms with van der Waals surface area (Å²) in [6, 6.07) is 7.65. The van der Waals surface area contributed by atoms with Gasteiger partial charge in [0.2, 0.25) is 5.91 Å². The van der Waals surface area contributed by atoms with Gasteiger partial charge in [0.05, 0.1) is 12.9 Å². The van der Waals surface area contributed by atoms with E-state index in [4.69, 9.17) is 10.5 Å². The van der Waals surface area contributed by atoms with E-state index in [2.05, 4.69) is 5.32 Å². The number of nitrogens with one attached hydrogen (secondary N) is 1. The minimum Gasteiger partial charge on any atom is -0.497 e. The number of amides is 1. The topological polar surface area (TPSA) is 64.3 Å². The first-order chi connectivity index (χ1) is 8.26. The fraction of sp³-hybridized carbons (Fsp3) is 0.417. The van der Waals surface area contributed by atoms with Crippen molar-refractivity contribution < 1.29 is 9.53 Å². The molecule has 0 aliphatic carbocycles. The van der Waals surface area contributed by atoms with E-state index < -0.39 is 0 Å². The second-order valence-electron chi connectivity index (χ2n) is 3.46. The van der Waals surface area contributed by atoms with Gasteiger partial charge in [0, 0.05) is 11.4 Å². The largest absolute Gasteiger partial charge is 0.497 e. The summed E-state index contributed by atoms with van der Waals surface area (Å²) in [5, 5.41) is 2.81. The number of thioether (sulfide) groups is 1. The maximum absolute atomic E-state index is 11.4. The lowest BCUT2D eigenvalue weighted by Gasteiger charge is -2.05. The summed E-state index contributed by atoms with van der Waals surface area (Å²) in [6.07, 6.45) is 0.818. The first kappa shape index (κ1) is 13.9. The van der Waals surface area contributed by atoms with Crippen molar-refractivity contribution in [3.05, 3.63) is 24.3 Å². The number of carbonyl (C=O) groups is 1. The Balaban J connectivity index is 2.27. The van der Waals surface area contributed by atoms with Gasteiger partial charge in [0.25, 0.3) is 0 Å². The van der Waals surface area contributed by atoms with Gasteiger partial charge < -0.3 is 15.8 Å². The predicted molar refractivity (Wildman–Crippen MR) is 70.4 cm³/mol. The van der Waals surface area contributed by atoms with Crippen molar-refractivity contribution in [2.75, 3.05) is 26.0 Å². The Morgan fingerprint density at radius 1 is 1.41 bits per heavy atom. The SMILES string of the molecule is COc1ccc(SCC(=O)NCCCN)cc1. The summed E-state index contributed by atoms with van der Waals surface area (Å²) in [4.78, 5) is 12.5. The van der Waals surface area contributed by atoms with Crippen molar-refractivity contribution >= 4 is 17.7 Å². The Hall–Kier alpha value is -1.20. The van der Waals surface area contributed by atoms with Crippen LogP contribution in [0.4, 0.5) is 0 Å². The number of carbonyl (C=O) groups excluding carboxylic acids is 1. The first-order valence-corrected chi connectivity index (χ1v) is 6.48. The molecule has 0 aliphatic heterocycles. The third-order valence-electron chi connectivity index (χ3n) is 2.13. The molecule has 0 atom stereocenters. The highest BCUT2D eigenvalue weighted by molar-refractivity contribution is 8.00. The molecule has 1 aromatic carbocycles. The Labute approximate surface area is 106 Å². The average Bonchev–Trinajstić information content (AvgIpc) is 2.37. The Morgan fingerprint density at radius 2 is 2.12 bits per heavy atom. The predicted octanol–water partition coefficient (Wildman–Crippen LogP) is 1.25. The molecule has 0 bridgehead atoms. The number of hydrogen-bond donors (Lipinski definition) is 2. The van der Waals surface area contributed by atoms with E-state index in [0.29, 0.717) is 18.8 Å². The van der Waals surface area contributed by atoms with Crippen molar-refractivity contribution in [3.63, 3.8) is 0 Å². The zero-order valence-electron chi connectivity index (χ0n) is 9.94. The van der Waals surface area contributed by atoms with Gasteiger partial charge in [-0.1, -0.05) is 0 Å². The fourth-order valence-electron chi connectivity index (χ4n) is 1.20. The maximum atomic E-state index is 11.4. The highest BCUT2D eigenvalue weighted by Crippen LogP contribution is 2.20. The minimum atomic E-state index is 0.0410. The lowest BCUT2D eigenvalue weighted by atomic mass is 10.3. The van der Waals surface area contributed by atoms with Gasteiger partial charge >= 0.3 is 0 Å². The second-order valence-corrected chi connectivity index (χ2v) is 4.51. The van der Waals surface area contributed by atoms with E-state index in [1.807, 2.05) is 24.3 Å². The Kier molecular flexibility index (Phi) is 6.50. The van der Waals surface area contributed by atoms with Crippen LogP contribution in [0.15, 0.2) is 29.2 Å². The molecule has 1 aromatic rings. The first-order valence-electron chi connectivity index (χ1n) is 5.50. The zero-order chi connectivity index (χ0) is 12.5. The average molecular weight is 254 g/mol. The van der Waals surface area contributed by atoms with Gasteiger partial charge in [-0.15, -0.1) is 11.8 Å². The van der Waals surface area contributed by atoms with Crippen LogP contribution in [0.5, 0.6) is 5.75 Å². The normalized spacial score (nSPS) is 10.0. The lowest BCUT2D eigenvalue weighted by molar-refractivity contribution is -0.118. The number of rotatable bonds is 7. The molecular weight excluding hydrogens is 236 g/mol. The molecule has 1 amide bonds. The van der Waals surface area contributed by atoms with Crippen LogP contribution in [0.25, 0.3) is 0 Å². The van der Waals surface area contributed by atoms with Crippen LogP contribution in [0.2, 0.25) is 0 Å². The van der Waals surface area contributed by atoms with Crippen molar-refractivity contribution in [2.45, 2.75) is 11.3 Å². The molecule has 1 rings (SSSR count). The van der Waals surface area contributed by atoms with Crippen molar-refractivity contribution in [2.24, 2.45) is 5.73 Å². The van der Waals surface area contributed by atoms with Crippen LogP contribution in [-0.4, -0.2) is 31.9 Å². The number of ether oxygens (including phenoxy) is 1. The molecule has 0 fully saturated rings. The molecule has 0 saturated carbocycles. The van der Waals surface area contributed by atoms with Gasteiger partial charge in [-0.3, -0.25) is 4.79 Å². The molecule has 3 N–H and O–H groups in total. The quantitative estimate of drug-likeness (QED) is 0.568. The second kappa shape index (κ2) is 7.97. The van der Waals surface area contributed by atoms with Gasteiger partial charge in [-0.05, 0) is 37.2 Å². The van der Waals surface area contributed by atoms with Crippen LogP contribution in [0, 0.1) is 0 Å². The van der Waals surface area contributed by atoms with E-state index in [1.54, 1.807) is 7.11 Å². The van der Waals surface area contributed by atoms with E-state index >= 15 is 0 Å². The summed E-state index contributed by atoms with van der Waals surface area (Å²) in [6.45, 7) is 1.25. The molecule has 0 heterocycles. The molecule has 0 radical (unpaired) electrons. The van der Waals surface area contributed by atoms with Crippen molar-refractivity contribution in [1.82, 2.24) is 5.32 Å². The molecular formula is C12H18N2O2S. The van der Waals surface area contributed by atoms with Gasteiger partial charge in [-0.2, -0.15) is 0 Å². The molecule has 94 valence electrons. The smallest absolute Gasteiger partial charge is 0.230 e. The summed E-state index contributed by atoms with van der Waals surface area (Å²) in [5.41, 5.74) is 5.34. The standard InChI is InChI=1S/C12H18N2O2S/c1-16-10-3-5-11(6-4-10)17-9-12(15)14-8-2-7-13/h3-6H,2,7-9,13H2,1H3,(H,14,15). The van der Waals surface area contributed by atoms with E-state index in [9.17, 15) is 4.79 Å². The third-order valence-corrected chi connectivity index (χ3v) is 3.14. The van der Waals surface area contributed by atoms with Crippen LogP contribution in [0.3, 0.4) is 0 Å². The zero-order valence-corrected chi connectivity index (χ0v) is 10.8. The number of methoxy groups -OCH3 is 1. The Morgan fingerprint density at radius 3 is 2.71 bits per heavy atom. The number of hydrogen-bond acceptors (Lipinski definition) is 4. The molecule has 0 unspecified atom stereocenters. The summed E-state index contributed by atoms with van der Waals surface area (Å²) >= 11 is 1.51. The van der Waals surface area contributed by atoms with Crippen LogP contribution >= 0.6 is 11.8 Å². The highest BCUT2D eigenvalue weighted by Gasteiger charge is 2.02. The summed E-state index contributed by atoms with van der Waals surface area (Å²) < 4.78 is 5.06. The molecule has 17 heavy (non-hydrogen) atoms. The highest BCUT2D eigenvalue weighted by atomic mass is 32.2. The van der Waals surface area contributed by atoms with E-state index in [1.165, 1.54) is 11.8 Å². The van der Waals surface area contributed by atoms with E-state index in [0.717, 1.165) is 17.1 Å². The van der Waals surface area contributed by atoms with E-state index in [-0.39, 0.29) is 5.91 Å². The molecule has 0 aliphatic rings. The molecule has 0 aromatic heterocycles. The summed E-state index contributed by atoms with van der Waals surface area (Å²) in [7, 11) is 1.63. The molecule has 4 nitrogen and oxygen atoms in total. The van der Waals surface area contributed by atoms with Crippen LogP contribution < -0.4 is 15.8 Å². The lowest BCUT2D eigenvalue weighted by Crippen LogP contribution is -2.27. The fourth-order valence-corrected chi connectivity index (χ4v) is 1.93. The monoisotopic (exact) mass is 254 g/mol. The maximum Gasteiger partial charge on any atom is 0.230 e. The van der Waals surface area contributed by atoms with Crippen molar-refractivity contribution in [1.29, 1.82) is 0 Å². The minimum absolute atomic E-state index is 0.0410. The van der Waals surface area contributed by atoms with Crippen LogP contribution in [-0.2, 0) is 4.79 Å². The van der Waals surface area contributed by atoms with Gasteiger partial charge in [0.15, 0.2) is 0 Å². The molecule has 0 spiro atoms. The molecule has 5 heteroatoms. The van der Waals surface area contributed by atoms with Gasteiger partial charge in [-0.25, -0.2) is 0 Å². The summed E-state index contributed by atoms with van der Waals surface area (Å²) in [5.74, 6) is 1.29. The van der Waals surface area contributed by atoms with Crippen molar-refractivity contribution in [3.8, 4) is 5.75 Å². The van der Waals surface area contributed by atoms with Gasteiger partial charge in [0.1, 0.15) is 5.75 Å². The number of nitrogens with two attached hydrogens (primary N) is 1. The Bertz CT molecular complexity index is 341.